The Kier molecular flexibility index (Phi) is 1.95. The molecule has 2 heterocycles. The predicted molar refractivity (Wildman–Crippen MR) is 48.5 cm³/mol. The van der Waals surface area contributed by atoms with Gasteiger partial charge in [-0.25, -0.2) is 4.79 Å². The van der Waals surface area contributed by atoms with Crippen LogP contribution in [0.25, 0.3) is 0 Å². The molecule has 2 aliphatic rings. The van der Waals surface area contributed by atoms with E-state index in [4.69, 9.17) is 4.74 Å². The lowest BCUT2D eigenvalue weighted by molar-refractivity contribution is 0.0726. The fourth-order valence-electron chi connectivity index (χ4n) is 1.99. The van der Waals surface area contributed by atoms with Crippen molar-refractivity contribution in [3.05, 3.63) is 0 Å². The highest BCUT2D eigenvalue weighted by Gasteiger charge is 2.47. The van der Waals surface area contributed by atoms with Gasteiger partial charge in [0.2, 0.25) is 0 Å². The molecule has 0 aromatic carbocycles. The summed E-state index contributed by atoms with van der Waals surface area (Å²) in [6.07, 6.45) is 0.792. The number of nitrogens with zero attached hydrogens (tertiary/aromatic N) is 1. The van der Waals surface area contributed by atoms with Crippen LogP contribution >= 0.6 is 0 Å². The van der Waals surface area contributed by atoms with Crippen molar-refractivity contribution in [1.82, 2.24) is 10.2 Å². The van der Waals surface area contributed by atoms with Gasteiger partial charge in [-0.05, 0) is 20.4 Å². The second-order valence-corrected chi connectivity index (χ2v) is 4.20. The van der Waals surface area contributed by atoms with Gasteiger partial charge < -0.3 is 15.0 Å². The van der Waals surface area contributed by atoms with Gasteiger partial charge in [-0.15, -0.1) is 0 Å². The summed E-state index contributed by atoms with van der Waals surface area (Å²) < 4.78 is 5.41. The van der Waals surface area contributed by atoms with Crippen LogP contribution in [0.1, 0.15) is 20.3 Å². The maximum atomic E-state index is 11.5. The third-order valence-electron chi connectivity index (χ3n) is 2.82. The number of nitrogens with one attached hydrogen (secondary N) is 1. The van der Waals surface area contributed by atoms with Gasteiger partial charge >= 0.3 is 6.09 Å². The molecule has 0 radical (unpaired) electrons. The second kappa shape index (κ2) is 2.87. The normalized spacial score (nSPS) is 33.5. The molecular formula is C9H16N2O2. The molecule has 1 N–H and O–H groups in total. The van der Waals surface area contributed by atoms with Gasteiger partial charge in [-0.2, -0.15) is 0 Å². The molecule has 1 atom stereocenters. The van der Waals surface area contributed by atoms with Crippen LogP contribution < -0.4 is 5.32 Å². The second-order valence-electron chi connectivity index (χ2n) is 4.20. The van der Waals surface area contributed by atoms with E-state index in [0.717, 1.165) is 26.1 Å². The Hall–Kier alpha value is -0.770. The molecule has 0 saturated carbocycles. The molecule has 13 heavy (non-hydrogen) atoms. The highest BCUT2D eigenvalue weighted by Crippen LogP contribution is 2.29. The highest BCUT2D eigenvalue weighted by atomic mass is 16.6. The largest absolute Gasteiger partial charge is 0.439 e. The van der Waals surface area contributed by atoms with E-state index < -0.39 is 0 Å². The van der Waals surface area contributed by atoms with E-state index in [1.807, 2.05) is 13.8 Å². The van der Waals surface area contributed by atoms with Crippen molar-refractivity contribution in [3.63, 3.8) is 0 Å². The number of ether oxygens (including phenoxy) is 1. The number of hydrogen-bond acceptors (Lipinski definition) is 3. The van der Waals surface area contributed by atoms with Gasteiger partial charge in [0.05, 0.1) is 6.54 Å². The molecule has 0 unspecified atom stereocenters. The summed E-state index contributed by atoms with van der Waals surface area (Å²) in [6.45, 7) is 6.54. The van der Waals surface area contributed by atoms with Gasteiger partial charge in [-0.1, -0.05) is 0 Å². The molecular weight excluding hydrogens is 168 g/mol. The molecule has 1 amide bonds. The van der Waals surface area contributed by atoms with E-state index in [1.54, 1.807) is 4.90 Å². The zero-order valence-electron chi connectivity index (χ0n) is 8.17. The quantitative estimate of drug-likeness (QED) is 0.648. The van der Waals surface area contributed by atoms with Crippen LogP contribution in [0.5, 0.6) is 0 Å². The smallest absolute Gasteiger partial charge is 0.410 e. The van der Waals surface area contributed by atoms with Crippen LogP contribution in [0, 0.1) is 0 Å². The number of amides is 1. The third kappa shape index (κ3) is 1.39. The van der Waals surface area contributed by atoms with E-state index in [1.165, 1.54) is 0 Å². The first-order valence-electron chi connectivity index (χ1n) is 4.83. The Morgan fingerprint density at radius 3 is 2.85 bits per heavy atom. The zero-order chi connectivity index (χ0) is 9.47. The minimum absolute atomic E-state index is 0.154. The molecule has 2 rings (SSSR count). The van der Waals surface area contributed by atoms with E-state index in [2.05, 4.69) is 5.32 Å². The Bertz CT molecular complexity index is 222. The van der Waals surface area contributed by atoms with Gasteiger partial charge in [0.1, 0.15) is 5.60 Å². The molecule has 2 saturated heterocycles. The van der Waals surface area contributed by atoms with Gasteiger partial charge in [0.25, 0.3) is 0 Å². The summed E-state index contributed by atoms with van der Waals surface area (Å²) in [5, 5.41) is 3.23. The van der Waals surface area contributed by atoms with Crippen molar-refractivity contribution in [2.75, 3.05) is 19.6 Å². The third-order valence-corrected chi connectivity index (χ3v) is 2.82. The lowest BCUT2D eigenvalue weighted by Crippen LogP contribution is -2.38. The van der Waals surface area contributed by atoms with Crippen LogP contribution in [0.4, 0.5) is 4.79 Å². The Balaban J connectivity index is 2.09. The minimum Gasteiger partial charge on any atom is -0.439 e. The molecule has 0 aliphatic carbocycles. The first kappa shape index (κ1) is 8.81. The average molecular weight is 184 g/mol. The molecule has 74 valence electrons. The van der Waals surface area contributed by atoms with Crippen LogP contribution in [0.3, 0.4) is 0 Å². The maximum Gasteiger partial charge on any atom is 0.410 e. The first-order chi connectivity index (χ1) is 6.13. The summed E-state index contributed by atoms with van der Waals surface area (Å²) in [4.78, 5) is 13.3. The Morgan fingerprint density at radius 2 is 2.38 bits per heavy atom. The van der Waals surface area contributed by atoms with E-state index in [-0.39, 0.29) is 17.7 Å². The number of rotatable bonds is 1. The highest BCUT2D eigenvalue weighted by molar-refractivity contribution is 5.71. The van der Waals surface area contributed by atoms with E-state index >= 15 is 0 Å². The van der Waals surface area contributed by atoms with Gasteiger partial charge in [0.15, 0.2) is 0 Å². The summed E-state index contributed by atoms with van der Waals surface area (Å²) in [7, 11) is 0. The Labute approximate surface area is 78.2 Å². The standard InChI is InChI=1S/C9H16N2O2/c1-7(2)11-6-9(13-8(11)12)3-4-10-5-9/h7,10H,3-6H2,1-2H3/t9-/m0/s1. The molecule has 0 aromatic rings. The molecule has 2 aliphatic heterocycles. The van der Waals surface area contributed by atoms with Crippen molar-refractivity contribution in [1.29, 1.82) is 0 Å². The molecule has 4 heteroatoms. The van der Waals surface area contributed by atoms with Crippen molar-refractivity contribution in [2.45, 2.75) is 31.9 Å². The number of carbonyl (C=O) groups excluding carboxylic acids is 1. The van der Waals surface area contributed by atoms with Crippen molar-refractivity contribution >= 4 is 6.09 Å². The lowest BCUT2D eigenvalue weighted by Gasteiger charge is -2.20. The summed E-state index contributed by atoms with van der Waals surface area (Å²) in [5.41, 5.74) is -0.221. The molecule has 0 bridgehead atoms. The zero-order valence-corrected chi connectivity index (χ0v) is 8.17. The van der Waals surface area contributed by atoms with Crippen LogP contribution in [0.15, 0.2) is 0 Å². The number of carbonyl (C=O) groups is 1. The summed E-state index contributed by atoms with van der Waals surface area (Å²) >= 11 is 0. The SMILES string of the molecule is CC(C)N1C[C@@]2(CCNC2)OC1=O. The van der Waals surface area contributed by atoms with E-state index in [9.17, 15) is 4.79 Å². The van der Waals surface area contributed by atoms with Gasteiger partial charge in [-0.3, -0.25) is 0 Å². The fraction of sp³-hybridized carbons (Fsp3) is 0.889. The van der Waals surface area contributed by atoms with Crippen LogP contribution in [-0.2, 0) is 4.74 Å². The van der Waals surface area contributed by atoms with Crippen LogP contribution in [0.2, 0.25) is 0 Å². The average Bonchev–Trinajstić information content (AvgIpc) is 2.60. The number of hydrogen-bond donors (Lipinski definition) is 1. The monoisotopic (exact) mass is 184 g/mol. The molecule has 2 fully saturated rings. The minimum atomic E-state index is -0.221. The fourth-order valence-corrected chi connectivity index (χ4v) is 1.99. The lowest BCUT2D eigenvalue weighted by atomic mass is 10.0. The van der Waals surface area contributed by atoms with Gasteiger partial charge in [0, 0.05) is 19.0 Å². The van der Waals surface area contributed by atoms with E-state index in [0.29, 0.717) is 0 Å². The molecule has 4 nitrogen and oxygen atoms in total. The van der Waals surface area contributed by atoms with Crippen molar-refractivity contribution in [3.8, 4) is 0 Å². The Morgan fingerprint density at radius 1 is 1.62 bits per heavy atom. The molecule has 1 spiro atoms. The molecule has 0 aromatic heterocycles. The first-order valence-corrected chi connectivity index (χ1v) is 4.83. The predicted octanol–water partition coefficient (Wildman–Crippen LogP) is 0.579. The summed E-state index contributed by atoms with van der Waals surface area (Å²) in [5.74, 6) is 0. The van der Waals surface area contributed by atoms with Crippen molar-refractivity contribution in [2.24, 2.45) is 0 Å². The van der Waals surface area contributed by atoms with Crippen molar-refractivity contribution < 1.29 is 9.53 Å². The van der Waals surface area contributed by atoms with Crippen LogP contribution in [-0.4, -0.2) is 42.3 Å². The topological polar surface area (TPSA) is 41.6 Å². The maximum absolute atomic E-state index is 11.5. The summed E-state index contributed by atoms with van der Waals surface area (Å²) in [6, 6.07) is 0.243.